The summed E-state index contributed by atoms with van der Waals surface area (Å²) in [6.07, 6.45) is 1.30. The number of hydrogen-bond donors (Lipinski definition) is 1. The van der Waals surface area contributed by atoms with E-state index in [1.807, 2.05) is 0 Å². The van der Waals surface area contributed by atoms with Gasteiger partial charge in [0.2, 0.25) is 0 Å². The molecule has 2 aliphatic heterocycles. The third-order valence-corrected chi connectivity index (χ3v) is 4.69. The molecule has 2 heterocycles. The van der Waals surface area contributed by atoms with Gasteiger partial charge in [0, 0.05) is 43.2 Å². The Morgan fingerprint density at radius 3 is 2.79 bits per heavy atom. The molecule has 1 aromatic carbocycles. The summed E-state index contributed by atoms with van der Waals surface area (Å²) >= 11 is 3.55. The Hall–Kier alpha value is -0.420. The van der Waals surface area contributed by atoms with Gasteiger partial charge in [-0.05, 0) is 37.2 Å². The quantitative estimate of drug-likeness (QED) is 0.917. The normalized spacial score (nSPS) is 23.0. The van der Waals surface area contributed by atoms with Crippen molar-refractivity contribution in [2.45, 2.75) is 19.0 Å². The van der Waals surface area contributed by atoms with E-state index >= 15 is 0 Å². The highest BCUT2D eigenvalue weighted by Gasteiger charge is 2.26. The van der Waals surface area contributed by atoms with Gasteiger partial charge >= 0.3 is 0 Å². The van der Waals surface area contributed by atoms with E-state index in [2.05, 4.69) is 55.3 Å². The van der Waals surface area contributed by atoms with Crippen molar-refractivity contribution in [1.82, 2.24) is 15.1 Å². The van der Waals surface area contributed by atoms with Crippen LogP contribution in [0.4, 0.5) is 0 Å². The zero-order chi connectivity index (χ0) is 13.1. The second-order valence-corrected chi connectivity index (χ2v) is 6.52. The van der Waals surface area contributed by atoms with Crippen LogP contribution in [0.25, 0.3) is 0 Å². The average Bonchev–Trinajstić information content (AvgIpc) is 2.53. The van der Waals surface area contributed by atoms with Crippen LogP contribution in [-0.2, 0) is 6.54 Å². The van der Waals surface area contributed by atoms with Gasteiger partial charge in [-0.1, -0.05) is 28.1 Å². The van der Waals surface area contributed by atoms with E-state index in [1.54, 1.807) is 0 Å². The van der Waals surface area contributed by atoms with Crippen LogP contribution in [0.1, 0.15) is 12.0 Å². The van der Waals surface area contributed by atoms with E-state index in [-0.39, 0.29) is 0 Å². The van der Waals surface area contributed by atoms with Crippen LogP contribution in [0.2, 0.25) is 0 Å². The van der Waals surface area contributed by atoms with Gasteiger partial charge in [0.1, 0.15) is 0 Å². The SMILES string of the molecule is Brc1cccc(CN2CCCN(C3CNC3)CC2)c1. The van der Waals surface area contributed by atoms with E-state index in [4.69, 9.17) is 0 Å². The van der Waals surface area contributed by atoms with E-state index in [0.717, 1.165) is 12.6 Å². The maximum absolute atomic E-state index is 3.55. The second-order valence-electron chi connectivity index (χ2n) is 5.61. The van der Waals surface area contributed by atoms with Crippen LogP contribution in [0, 0.1) is 0 Å². The fourth-order valence-corrected chi connectivity index (χ4v) is 3.39. The Morgan fingerprint density at radius 2 is 2.05 bits per heavy atom. The van der Waals surface area contributed by atoms with Crippen LogP contribution >= 0.6 is 15.9 Å². The van der Waals surface area contributed by atoms with Gasteiger partial charge in [0.25, 0.3) is 0 Å². The molecule has 0 amide bonds. The summed E-state index contributed by atoms with van der Waals surface area (Å²) in [5.74, 6) is 0. The molecule has 0 unspecified atom stereocenters. The maximum Gasteiger partial charge on any atom is 0.0345 e. The number of benzene rings is 1. The fourth-order valence-electron chi connectivity index (χ4n) is 2.94. The van der Waals surface area contributed by atoms with Gasteiger partial charge in [-0.3, -0.25) is 9.80 Å². The molecular weight excluding hydrogens is 302 g/mol. The highest BCUT2D eigenvalue weighted by Crippen LogP contribution is 2.15. The van der Waals surface area contributed by atoms with Crippen molar-refractivity contribution in [1.29, 1.82) is 0 Å². The van der Waals surface area contributed by atoms with Crippen molar-refractivity contribution in [2.75, 3.05) is 39.3 Å². The van der Waals surface area contributed by atoms with Gasteiger partial charge in [-0.15, -0.1) is 0 Å². The Morgan fingerprint density at radius 1 is 1.16 bits per heavy atom. The van der Waals surface area contributed by atoms with Crippen LogP contribution in [0.15, 0.2) is 28.7 Å². The van der Waals surface area contributed by atoms with Gasteiger partial charge in [-0.2, -0.15) is 0 Å². The number of nitrogens with one attached hydrogen (secondary N) is 1. The molecule has 3 rings (SSSR count). The molecule has 0 saturated carbocycles. The van der Waals surface area contributed by atoms with Crippen molar-refractivity contribution in [3.63, 3.8) is 0 Å². The molecule has 0 radical (unpaired) electrons. The third kappa shape index (κ3) is 3.57. The molecule has 104 valence electrons. The van der Waals surface area contributed by atoms with E-state index in [1.165, 1.54) is 55.7 Å². The van der Waals surface area contributed by atoms with E-state index < -0.39 is 0 Å². The summed E-state index contributed by atoms with van der Waals surface area (Å²) in [6, 6.07) is 9.48. The summed E-state index contributed by atoms with van der Waals surface area (Å²) in [5.41, 5.74) is 1.41. The molecule has 0 bridgehead atoms. The first-order valence-electron chi connectivity index (χ1n) is 7.23. The number of rotatable bonds is 3. The summed E-state index contributed by atoms with van der Waals surface area (Å²) in [5, 5.41) is 3.38. The largest absolute Gasteiger partial charge is 0.314 e. The lowest BCUT2D eigenvalue weighted by Crippen LogP contribution is -2.57. The van der Waals surface area contributed by atoms with E-state index in [9.17, 15) is 0 Å². The first-order chi connectivity index (χ1) is 9.31. The van der Waals surface area contributed by atoms with Gasteiger partial charge in [0.15, 0.2) is 0 Å². The van der Waals surface area contributed by atoms with Crippen LogP contribution < -0.4 is 5.32 Å². The van der Waals surface area contributed by atoms with E-state index in [0.29, 0.717) is 0 Å². The molecule has 0 aliphatic carbocycles. The first kappa shape index (κ1) is 13.6. The molecule has 0 aromatic heterocycles. The molecule has 2 fully saturated rings. The molecule has 2 aliphatic rings. The fraction of sp³-hybridized carbons (Fsp3) is 0.600. The Balaban J connectivity index is 1.54. The van der Waals surface area contributed by atoms with Crippen molar-refractivity contribution in [3.05, 3.63) is 34.3 Å². The molecule has 4 heteroatoms. The van der Waals surface area contributed by atoms with Gasteiger partial charge < -0.3 is 5.32 Å². The molecule has 0 spiro atoms. The minimum atomic E-state index is 0.797. The first-order valence-corrected chi connectivity index (χ1v) is 8.02. The van der Waals surface area contributed by atoms with Gasteiger partial charge in [0.05, 0.1) is 0 Å². The minimum Gasteiger partial charge on any atom is -0.314 e. The van der Waals surface area contributed by atoms with Gasteiger partial charge in [-0.25, -0.2) is 0 Å². The lowest BCUT2D eigenvalue weighted by molar-refractivity contribution is 0.148. The maximum atomic E-state index is 3.55. The lowest BCUT2D eigenvalue weighted by atomic mass is 10.1. The lowest BCUT2D eigenvalue weighted by Gasteiger charge is -2.37. The average molecular weight is 324 g/mol. The highest BCUT2D eigenvalue weighted by atomic mass is 79.9. The predicted molar refractivity (Wildman–Crippen MR) is 82.3 cm³/mol. The molecule has 1 N–H and O–H groups in total. The highest BCUT2D eigenvalue weighted by molar-refractivity contribution is 9.10. The summed E-state index contributed by atoms with van der Waals surface area (Å²) in [7, 11) is 0. The standard InChI is InChI=1S/C15H22BrN3/c16-14-4-1-3-13(9-14)12-18-5-2-6-19(8-7-18)15-10-17-11-15/h1,3-4,9,15,17H,2,5-8,10-12H2. The molecule has 1 aromatic rings. The molecule has 3 nitrogen and oxygen atoms in total. The van der Waals surface area contributed by atoms with Crippen molar-refractivity contribution in [2.24, 2.45) is 0 Å². The summed E-state index contributed by atoms with van der Waals surface area (Å²) in [6.45, 7) is 8.36. The number of halogens is 1. The zero-order valence-electron chi connectivity index (χ0n) is 11.3. The Bertz CT molecular complexity index is 420. The van der Waals surface area contributed by atoms with Crippen LogP contribution in [0.3, 0.4) is 0 Å². The minimum absolute atomic E-state index is 0.797. The molecular formula is C15H22BrN3. The van der Waals surface area contributed by atoms with Crippen molar-refractivity contribution >= 4 is 15.9 Å². The summed E-state index contributed by atoms with van der Waals surface area (Å²) < 4.78 is 1.18. The number of nitrogens with zero attached hydrogens (tertiary/aromatic N) is 2. The monoisotopic (exact) mass is 323 g/mol. The Labute approximate surface area is 124 Å². The smallest absolute Gasteiger partial charge is 0.0345 e. The van der Waals surface area contributed by atoms with Crippen molar-refractivity contribution < 1.29 is 0 Å². The molecule has 0 atom stereocenters. The van der Waals surface area contributed by atoms with Crippen molar-refractivity contribution in [3.8, 4) is 0 Å². The molecule has 19 heavy (non-hydrogen) atoms. The molecule has 2 saturated heterocycles. The summed E-state index contributed by atoms with van der Waals surface area (Å²) in [4.78, 5) is 5.26. The topological polar surface area (TPSA) is 18.5 Å². The van der Waals surface area contributed by atoms with Crippen LogP contribution in [0.5, 0.6) is 0 Å². The third-order valence-electron chi connectivity index (χ3n) is 4.19. The Kier molecular flexibility index (Phi) is 4.53. The predicted octanol–water partition coefficient (Wildman–Crippen LogP) is 1.93. The zero-order valence-corrected chi connectivity index (χ0v) is 12.9. The number of hydrogen-bond acceptors (Lipinski definition) is 3. The second kappa shape index (κ2) is 6.35. The van der Waals surface area contributed by atoms with Crippen LogP contribution in [-0.4, -0.2) is 55.1 Å².